The Bertz CT molecular complexity index is 1060. The van der Waals surface area contributed by atoms with Gasteiger partial charge in [-0.15, -0.1) is 5.10 Å². The van der Waals surface area contributed by atoms with Crippen molar-refractivity contribution in [2.45, 2.75) is 6.61 Å². The lowest BCUT2D eigenvalue weighted by molar-refractivity contribution is 0.307. The molecule has 5 nitrogen and oxygen atoms in total. The zero-order valence-electron chi connectivity index (χ0n) is 14.0. The Morgan fingerprint density at radius 1 is 0.923 bits per heavy atom. The quantitative estimate of drug-likeness (QED) is 0.575. The number of nitrogens with zero attached hydrogens (tertiary/aromatic N) is 2. The van der Waals surface area contributed by atoms with Crippen LogP contribution in [0, 0.1) is 0 Å². The van der Waals surface area contributed by atoms with Gasteiger partial charge in [0.05, 0.1) is 0 Å². The summed E-state index contributed by atoms with van der Waals surface area (Å²) in [6, 6.07) is 22.4. The zero-order valence-corrected chi connectivity index (χ0v) is 14.0. The number of ether oxygens (including phenoxy) is 1. The SMILES string of the molecule is Nc1nnc(/C=C/c2cccc(OCc3cccc4ccccc34)c2)o1. The van der Waals surface area contributed by atoms with Crippen LogP contribution in [0.3, 0.4) is 0 Å². The van der Waals surface area contributed by atoms with Gasteiger partial charge in [-0.2, -0.15) is 0 Å². The Hall–Kier alpha value is -3.60. The molecular formula is C21H17N3O2. The van der Waals surface area contributed by atoms with Gasteiger partial charge in [0.15, 0.2) is 0 Å². The average molecular weight is 343 g/mol. The molecule has 1 aromatic heterocycles. The van der Waals surface area contributed by atoms with Crippen LogP contribution >= 0.6 is 0 Å². The van der Waals surface area contributed by atoms with Crippen molar-refractivity contribution in [2.75, 3.05) is 5.73 Å². The largest absolute Gasteiger partial charge is 0.489 e. The van der Waals surface area contributed by atoms with E-state index in [4.69, 9.17) is 14.9 Å². The Morgan fingerprint density at radius 3 is 2.65 bits per heavy atom. The van der Waals surface area contributed by atoms with E-state index in [0.717, 1.165) is 16.9 Å². The maximum absolute atomic E-state index is 5.99. The van der Waals surface area contributed by atoms with Crippen LogP contribution < -0.4 is 10.5 Å². The Morgan fingerprint density at radius 2 is 1.77 bits per heavy atom. The fraction of sp³-hybridized carbons (Fsp3) is 0.0476. The van der Waals surface area contributed by atoms with Crippen molar-refractivity contribution in [2.24, 2.45) is 0 Å². The van der Waals surface area contributed by atoms with Crippen molar-refractivity contribution in [1.29, 1.82) is 0 Å². The second kappa shape index (κ2) is 7.11. The van der Waals surface area contributed by atoms with Crippen molar-refractivity contribution in [3.8, 4) is 5.75 Å². The van der Waals surface area contributed by atoms with Crippen LogP contribution in [0.25, 0.3) is 22.9 Å². The Kier molecular flexibility index (Phi) is 4.35. The normalized spacial score (nSPS) is 11.2. The summed E-state index contributed by atoms with van der Waals surface area (Å²) < 4.78 is 11.1. The molecule has 0 saturated carbocycles. The third-order valence-electron chi connectivity index (χ3n) is 4.01. The zero-order chi connectivity index (χ0) is 17.8. The van der Waals surface area contributed by atoms with Crippen molar-refractivity contribution in [3.05, 3.63) is 83.7 Å². The smallest absolute Gasteiger partial charge is 0.313 e. The highest BCUT2D eigenvalue weighted by molar-refractivity contribution is 5.85. The van der Waals surface area contributed by atoms with Gasteiger partial charge in [0.1, 0.15) is 12.4 Å². The minimum absolute atomic E-state index is 0.0526. The van der Waals surface area contributed by atoms with E-state index in [1.54, 1.807) is 6.08 Å². The van der Waals surface area contributed by atoms with E-state index >= 15 is 0 Å². The monoisotopic (exact) mass is 343 g/mol. The van der Waals surface area contributed by atoms with Crippen LogP contribution in [0.2, 0.25) is 0 Å². The first-order valence-corrected chi connectivity index (χ1v) is 8.24. The van der Waals surface area contributed by atoms with Crippen LogP contribution in [0.4, 0.5) is 6.01 Å². The van der Waals surface area contributed by atoms with Crippen LogP contribution in [-0.2, 0) is 6.61 Å². The number of rotatable bonds is 5. The molecule has 128 valence electrons. The van der Waals surface area contributed by atoms with E-state index in [-0.39, 0.29) is 6.01 Å². The van der Waals surface area contributed by atoms with Crippen molar-refractivity contribution < 1.29 is 9.15 Å². The molecule has 0 aliphatic rings. The van der Waals surface area contributed by atoms with Gasteiger partial charge >= 0.3 is 6.01 Å². The van der Waals surface area contributed by atoms with Gasteiger partial charge in [-0.25, -0.2) is 0 Å². The van der Waals surface area contributed by atoms with Crippen LogP contribution in [0.5, 0.6) is 5.75 Å². The molecule has 0 saturated heterocycles. The first-order chi connectivity index (χ1) is 12.8. The van der Waals surface area contributed by atoms with Crippen molar-refractivity contribution in [1.82, 2.24) is 10.2 Å². The lowest BCUT2D eigenvalue weighted by Crippen LogP contribution is -1.96. The van der Waals surface area contributed by atoms with Gasteiger partial charge in [0, 0.05) is 6.08 Å². The molecule has 0 aliphatic heterocycles. The van der Waals surface area contributed by atoms with Gasteiger partial charge in [0.2, 0.25) is 5.89 Å². The Balaban J connectivity index is 1.49. The molecule has 0 spiro atoms. The number of anilines is 1. The molecule has 4 rings (SSSR count). The highest BCUT2D eigenvalue weighted by Crippen LogP contribution is 2.22. The third-order valence-corrected chi connectivity index (χ3v) is 4.01. The van der Waals surface area contributed by atoms with Gasteiger partial charge in [-0.1, -0.05) is 59.7 Å². The summed E-state index contributed by atoms with van der Waals surface area (Å²) in [5, 5.41) is 9.84. The first kappa shape index (κ1) is 15.9. The standard InChI is InChI=1S/C21H17N3O2/c22-21-24-23-20(26-21)12-11-15-5-3-9-18(13-15)25-14-17-8-4-7-16-6-1-2-10-19(16)17/h1-13H,14H2,(H2,22,24)/b12-11+. The summed E-state index contributed by atoms with van der Waals surface area (Å²) in [7, 11) is 0. The molecule has 0 atom stereocenters. The van der Waals surface area contributed by atoms with Gasteiger partial charge < -0.3 is 14.9 Å². The van der Waals surface area contributed by atoms with E-state index in [9.17, 15) is 0 Å². The molecule has 0 fully saturated rings. The summed E-state index contributed by atoms with van der Waals surface area (Å²) >= 11 is 0. The summed E-state index contributed by atoms with van der Waals surface area (Å²) in [4.78, 5) is 0. The number of hydrogen-bond donors (Lipinski definition) is 1. The van der Waals surface area contributed by atoms with Gasteiger partial charge in [-0.3, -0.25) is 0 Å². The number of hydrogen-bond acceptors (Lipinski definition) is 5. The first-order valence-electron chi connectivity index (χ1n) is 8.24. The van der Waals surface area contributed by atoms with E-state index < -0.39 is 0 Å². The molecule has 0 amide bonds. The molecule has 5 heteroatoms. The minimum atomic E-state index is 0.0526. The van der Waals surface area contributed by atoms with Crippen LogP contribution in [0.15, 0.2) is 71.1 Å². The number of aromatic nitrogens is 2. The predicted molar refractivity (Wildman–Crippen MR) is 102 cm³/mol. The lowest BCUT2D eigenvalue weighted by atomic mass is 10.1. The summed E-state index contributed by atoms with van der Waals surface area (Å²) in [6.07, 6.45) is 3.59. The summed E-state index contributed by atoms with van der Waals surface area (Å²) in [5.74, 6) is 1.16. The summed E-state index contributed by atoms with van der Waals surface area (Å²) in [6.45, 7) is 0.509. The van der Waals surface area contributed by atoms with Gasteiger partial charge in [-0.05, 0) is 40.1 Å². The molecule has 3 aromatic carbocycles. The number of nitrogens with two attached hydrogens (primary N) is 1. The molecule has 0 aliphatic carbocycles. The lowest BCUT2D eigenvalue weighted by Gasteiger charge is -2.09. The van der Waals surface area contributed by atoms with Crippen LogP contribution in [0.1, 0.15) is 17.0 Å². The van der Waals surface area contributed by atoms with Crippen molar-refractivity contribution in [3.63, 3.8) is 0 Å². The maximum Gasteiger partial charge on any atom is 0.313 e. The number of nitrogen functional groups attached to an aromatic ring is 1. The second-order valence-electron chi connectivity index (χ2n) is 5.81. The molecule has 0 bridgehead atoms. The molecule has 2 N–H and O–H groups in total. The van der Waals surface area contributed by atoms with E-state index in [1.807, 2.05) is 42.5 Å². The van der Waals surface area contributed by atoms with Gasteiger partial charge in [0.25, 0.3) is 0 Å². The fourth-order valence-corrected chi connectivity index (χ4v) is 2.77. The molecule has 1 heterocycles. The van der Waals surface area contributed by atoms with E-state index in [0.29, 0.717) is 12.5 Å². The number of benzene rings is 3. The predicted octanol–water partition coefficient (Wildman–Crippen LogP) is 4.55. The number of fused-ring (bicyclic) bond motifs is 1. The van der Waals surface area contributed by atoms with Crippen molar-refractivity contribution >= 4 is 28.9 Å². The third kappa shape index (κ3) is 3.57. The minimum Gasteiger partial charge on any atom is -0.489 e. The molecule has 26 heavy (non-hydrogen) atoms. The Labute approximate surface area is 150 Å². The fourth-order valence-electron chi connectivity index (χ4n) is 2.77. The summed E-state index contributed by atoms with van der Waals surface area (Å²) in [5.41, 5.74) is 7.54. The van der Waals surface area contributed by atoms with E-state index in [1.165, 1.54) is 10.8 Å². The highest BCUT2D eigenvalue weighted by atomic mass is 16.5. The molecule has 0 radical (unpaired) electrons. The highest BCUT2D eigenvalue weighted by Gasteiger charge is 2.02. The molecule has 4 aromatic rings. The van der Waals surface area contributed by atoms with E-state index in [2.05, 4.69) is 40.5 Å². The topological polar surface area (TPSA) is 74.2 Å². The maximum atomic E-state index is 5.99. The average Bonchev–Trinajstić information content (AvgIpc) is 3.10. The second-order valence-corrected chi connectivity index (χ2v) is 5.81. The molecular weight excluding hydrogens is 326 g/mol. The molecule has 0 unspecified atom stereocenters. The van der Waals surface area contributed by atoms with Crippen LogP contribution in [-0.4, -0.2) is 10.2 Å².